The number of unbranched alkanes of at least 4 members (excludes halogenated alkanes) is 18. The fourth-order valence-corrected chi connectivity index (χ4v) is 6.59. The second-order valence-corrected chi connectivity index (χ2v) is 14.0. The van der Waals surface area contributed by atoms with Crippen LogP contribution in [0.4, 0.5) is 0 Å². The summed E-state index contributed by atoms with van der Waals surface area (Å²) in [7, 11) is 3.02. The SMILES string of the molecule is CCCCCCCCCCCCOc1cc(-c2ccc(OC)c(=O)cc2)c(OCCCCCCCCCCCC)cc1-c1ccc(OC)c(=O)cc1. The van der Waals surface area contributed by atoms with Crippen LogP contribution in [0.1, 0.15) is 142 Å². The molecule has 0 radical (unpaired) electrons. The highest BCUT2D eigenvalue weighted by molar-refractivity contribution is 5.81. The topological polar surface area (TPSA) is 71.1 Å². The molecule has 0 saturated heterocycles. The average Bonchev–Trinajstić information content (AvgIpc) is 3.47. The van der Waals surface area contributed by atoms with E-state index < -0.39 is 0 Å². The molecule has 0 aromatic heterocycles. The van der Waals surface area contributed by atoms with Gasteiger partial charge in [0.15, 0.2) is 11.5 Å². The summed E-state index contributed by atoms with van der Waals surface area (Å²) in [4.78, 5) is 25.3. The summed E-state index contributed by atoms with van der Waals surface area (Å²) in [5, 5.41) is 0. The first-order valence-corrected chi connectivity index (χ1v) is 20.3. The molecule has 6 heteroatoms. The first kappa shape index (κ1) is 42.6. The molecule has 0 amide bonds. The van der Waals surface area contributed by atoms with E-state index in [0.717, 1.165) is 47.9 Å². The Labute approximate surface area is 314 Å². The van der Waals surface area contributed by atoms with Crippen LogP contribution in [0.3, 0.4) is 0 Å². The van der Waals surface area contributed by atoms with Crippen molar-refractivity contribution in [2.75, 3.05) is 27.4 Å². The largest absolute Gasteiger partial charge is 0.493 e. The van der Waals surface area contributed by atoms with Crippen molar-refractivity contribution in [1.82, 2.24) is 0 Å². The van der Waals surface area contributed by atoms with Crippen molar-refractivity contribution in [2.24, 2.45) is 0 Å². The molecule has 0 atom stereocenters. The van der Waals surface area contributed by atoms with Gasteiger partial charge in [-0.1, -0.05) is 154 Å². The Kier molecular flexibility index (Phi) is 21.3. The van der Waals surface area contributed by atoms with E-state index in [-0.39, 0.29) is 22.4 Å². The van der Waals surface area contributed by atoms with Gasteiger partial charge in [-0.3, -0.25) is 9.59 Å². The molecule has 0 aliphatic rings. The Bertz CT molecular complexity index is 1430. The van der Waals surface area contributed by atoms with Crippen molar-refractivity contribution >= 4 is 0 Å². The van der Waals surface area contributed by atoms with Crippen molar-refractivity contribution in [3.8, 4) is 45.3 Å². The summed E-state index contributed by atoms with van der Waals surface area (Å²) in [6.07, 6.45) is 25.0. The molecule has 3 rings (SSSR count). The van der Waals surface area contributed by atoms with Gasteiger partial charge in [0, 0.05) is 11.1 Å². The highest BCUT2D eigenvalue weighted by Crippen LogP contribution is 2.41. The maximum Gasteiger partial charge on any atom is 0.220 e. The summed E-state index contributed by atoms with van der Waals surface area (Å²) in [5.41, 5.74) is 2.97. The summed E-state index contributed by atoms with van der Waals surface area (Å²) in [5.74, 6) is 1.98. The highest BCUT2D eigenvalue weighted by atomic mass is 16.5. The van der Waals surface area contributed by atoms with Crippen molar-refractivity contribution in [3.05, 3.63) is 81.1 Å². The minimum atomic E-state index is -0.185. The number of benzene rings is 1. The molecule has 0 fully saturated rings. The van der Waals surface area contributed by atoms with Crippen LogP contribution in [-0.4, -0.2) is 27.4 Å². The van der Waals surface area contributed by atoms with Gasteiger partial charge < -0.3 is 18.9 Å². The third kappa shape index (κ3) is 15.4. The normalized spacial score (nSPS) is 11.0. The lowest BCUT2D eigenvalue weighted by Crippen LogP contribution is -2.03. The van der Waals surface area contributed by atoms with E-state index in [1.54, 1.807) is 12.1 Å². The molecule has 0 N–H and O–H groups in total. The number of ether oxygens (including phenoxy) is 4. The zero-order valence-electron chi connectivity index (χ0n) is 32.8. The molecule has 286 valence electrons. The number of hydrogen-bond acceptors (Lipinski definition) is 6. The van der Waals surface area contributed by atoms with Gasteiger partial charge in [0.05, 0.1) is 27.4 Å². The van der Waals surface area contributed by atoms with Crippen LogP contribution in [0.15, 0.2) is 70.3 Å². The maximum atomic E-state index is 12.6. The quantitative estimate of drug-likeness (QED) is 0.0697. The Morgan fingerprint density at radius 1 is 0.385 bits per heavy atom. The lowest BCUT2D eigenvalue weighted by molar-refractivity contribution is 0.298. The predicted octanol–water partition coefficient (Wildman–Crippen LogP) is 12.4. The molecule has 0 spiro atoms. The molecule has 52 heavy (non-hydrogen) atoms. The third-order valence-electron chi connectivity index (χ3n) is 9.80. The molecule has 0 heterocycles. The van der Waals surface area contributed by atoms with Gasteiger partial charge >= 0.3 is 0 Å². The fraction of sp³-hybridized carbons (Fsp3) is 0.565. The van der Waals surface area contributed by atoms with Crippen molar-refractivity contribution in [3.63, 3.8) is 0 Å². The molecule has 0 unspecified atom stereocenters. The first-order chi connectivity index (χ1) is 25.5. The van der Waals surface area contributed by atoms with Gasteiger partial charge in [0.1, 0.15) is 11.5 Å². The number of rotatable bonds is 28. The standard InChI is InChI=1S/C46H66O6/c1-5-7-9-11-13-15-17-19-21-23-33-51-45-35-40(38-26-30-42(48)44(50-4)32-28-38)46(52-34-24-22-20-18-16-14-12-10-8-6-2)36-39(45)37-25-29-41(47)43(49-3)31-27-37/h25-32,35-36H,5-24,33-34H2,1-4H3. The molecule has 6 nitrogen and oxygen atoms in total. The van der Waals surface area contributed by atoms with E-state index in [0.29, 0.717) is 24.7 Å². The zero-order valence-corrected chi connectivity index (χ0v) is 32.8. The number of hydrogen-bond donors (Lipinski definition) is 0. The molecular weight excluding hydrogens is 649 g/mol. The average molecular weight is 715 g/mol. The minimum absolute atomic E-state index is 0.185. The van der Waals surface area contributed by atoms with Gasteiger partial charge in [0.25, 0.3) is 0 Å². The fourth-order valence-electron chi connectivity index (χ4n) is 6.59. The van der Waals surface area contributed by atoms with E-state index in [2.05, 4.69) is 13.8 Å². The molecule has 0 aliphatic heterocycles. The van der Waals surface area contributed by atoms with E-state index in [1.165, 1.54) is 129 Å². The van der Waals surface area contributed by atoms with Gasteiger partial charge in [-0.15, -0.1) is 0 Å². The van der Waals surface area contributed by atoms with Crippen LogP contribution < -0.4 is 29.8 Å². The number of methoxy groups -OCH3 is 2. The smallest absolute Gasteiger partial charge is 0.220 e. The summed E-state index contributed by atoms with van der Waals surface area (Å²) >= 11 is 0. The molecule has 0 bridgehead atoms. The van der Waals surface area contributed by atoms with Crippen molar-refractivity contribution < 1.29 is 18.9 Å². The molecular formula is C46H66O6. The van der Waals surface area contributed by atoms with Crippen LogP contribution >= 0.6 is 0 Å². The Hall–Kier alpha value is -3.80. The van der Waals surface area contributed by atoms with E-state index >= 15 is 0 Å². The second kappa shape index (κ2) is 26.0. The van der Waals surface area contributed by atoms with Crippen LogP contribution in [0.25, 0.3) is 22.3 Å². The van der Waals surface area contributed by atoms with Crippen LogP contribution in [0, 0.1) is 0 Å². The van der Waals surface area contributed by atoms with Gasteiger partial charge in [0.2, 0.25) is 10.9 Å². The molecule has 3 aromatic carbocycles. The first-order valence-electron chi connectivity index (χ1n) is 20.3. The Morgan fingerprint density at radius 2 is 0.692 bits per heavy atom. The van der Waals surface area contributed by atoms with Gasteiger partial charge in [-0.25, -0.2) is 0 Å². The molecule has 0 aliphatic carbocycles. The van der Waals surface area contributed by atoms with E-state index in [9.17, 15) is 9.59 Å². The lowest BCUT2D eigenvalue weighted by Gasteiger charge is -2.18. The Morgan fingerprint density at radius 3 is 1.02 bits per heavy atom. The molecule has 0 saturated carbocycles. The summed E-state index contributed by atoms with van der Waals surface area (Å²) in [6, 6.07) is 18.0. The maximum absolute atomic E-state index is 12.6. The van der Waals surface area contributed by atoms with Crippen molar-refractivity contribution in [1.29, 1.82) is 0 Å². The van der Waals surface area contributed by atoms with Gasteiger partial charge in [-0.2, -0.15) is 0 Å². The van der Waals surface area contributed by atoms with E-state index in [1.807, 2.05) is 36.4 Å². The lowest BCUT2D eigenvalue weighted by atomic mass is 9.99. The predicted molar refractivity (Wildman–Crippen MR) is 218 cm³/mol. The summed E-state index contributed by atoms with van der Waals surface area (Å²) < 4.78 is 23.8. The van der Waals surface area contributed by atoms with Crippen LogP contribution in [0.5, 0.6) is 23.0 Å². The van der Waals surface area contributed by atoms with Gasteiger partial charge in [-0.05, 0) is 60.4 Å². The monoisotopic (exact) mass is 714 g/mol. The summed E-state index contributed by atoms with van der Waals surface area (Å²) in [6.45, 7) is 5.68. The second-order valence-electron chi connectivity index (χ2n) is 14.0. The minimum Gasteiger partial charge on any atom is -0.493 e. The van der Waals surface area contributed by atoms with Crippen LogP contribution in [-0.2, 0) is 0 Å². The zero-order chi connectivity index (χ0) is 37.2. The van der Waals surface area contributed by atoms with E-state index in [4.69, 9.17) is 18.9 Å². The van der Waals surface area contributed by atoms with Crippen molar-refractivity contribution in [2.45, 2.75) is 142 Å². The Balaban J connectivity index is 1.82. The molecule has 3 aromatic rings. The third-order valence-corrected chi connectivity index (χ3v) is 9.80. The highest BCUT2D eigenvalue weighted by Gasteiger charge is 2.16. The van der Waals surface area contributed by atoms with Crippen LogP contribution in [0.2, 0.25) is 0 Å².